The second kappa shape index (κ2) is 8.67. The summed E-state index contributed by atoms with van der Waals surface area (Å²) in [5, 5.41) is 8.16. The van der Waals surface area contributed by atoms with E-state index in [0.29, 0.717) is 29.8 Å². The van der Waals surface area contributed by atoms with Crippen LogP contribution in [0.3, 0.4) is 0 Å². The molecule has 3 aromatic heterocycles. The molecule has 3 heterocycles. The summed E-state index contributed by atoms with van der Waals surface area (Å²) in [5.74, 6) is 0.462. The molecule has 0 atom stereocenters. The topological polar surface area (TPSA) is 78.5 Å². The quantitative estimate of drug-likeness (QED) is 0.351. The Kier molecular flexibility index (Phi) is 5.81. The van der Waals surface area contributed by atoms with E-state index >= 15 is 0 Å². The molecule has 3 N–H and O–H groups in total. The minimum atomic E-state index is -0.448. The third-order valence-electron chi connectivity index (χ3n) is 4.58. The number of fused-ring (bicyclic) bond motifs is 1. The van der Waals surface area contributed by atoms with Crippen LogP contribution >= 0.6 is 11.6 Å². The fourth-order valence-electron chi connectivity index (χ4n) is 3.31. The van der Waals surface area contributed by atoms with E-state index in [-0.39, 0.29) is 5.15 Å². The normalized spacial score (nSPS) is 11.2. The van der Waals surface area contributed by atoms with Crippen LogP contribution in [0.5, 0.6) is 0 Å². The van der Waals surface area contributed by atoms with Crippen LogP contribution < -0.4 is 10.6 Å². The predicted molar refractivity (Wildman–Crippen MR) is 119 cm³/mol. The highest BCUT2D eigenvalue weighted by Crippen LogP contribution is 2.24. The van der Waals surface area contributed by atoms with Gasteiger partial charge in [0.05, 0.1) is 6.20 Å². The van der Waals surface area contributed by atoms with E-state index in [1.54, 1.807) is 6.07 Å². The van der Waals surface area contributed by atoms with E-state index in [2.05, 4.69) is 62.6 Å². The molecule has 0 saturated heterocycles. The number of hydrogen-bond acceptors (Lipinski definition) is 5. The van der Waals surface area contributed by atoms with Crippen LogP contribution in [0.15, 0.2) is 48.9 Å². The standard InChI is InChI=1S/C22H22ClFN6/c1-13(2)28-17-3-4-18-14(11-27-19(18)8-17)5-6-26-21-9-20(23)29-22(30-21)15-7-16(24)12-25-10-15/h3-4,7-13,27-28H,5-6H2,1-2H3,(H,26,29,30). The molecule has 4 aromatic rings. The number of rotatable bonds is 7. The van der Waals surface area contributed by atoms with Crippen LogP contribution in [0.4, 0.5) is 15.9 Å². The number of aromatic nitrogens is 4. The third kappa shape index (κ3) is 4.68. The molecular weight excluding hydrogens is 403 g/mol. The van der Waals surface area contributed by atoms with Crippen molar-refractivity contribution in [2.45, 2.75) is 26.3 Å². The molecular formula is C22H22ClFN6. The Morgan fingerprint density at radius 3 is 2.80 bits per heavy atom. The van der Waals surface area contributed by atoms with Gasteiger partial charge in [0, 0.05) is 53.2 Å². The van der Waals surface area contributed by atoms with Crippen molar-refractivity contribution in [1.82, 2.24) is 19.9 Å². The van der Waals surface area contributed by atoms with Crippen LogP contribution in [0, 0.1) is 5.82 Å². The average Bonchev–Trinajstić information content (AvgIpc) is 3.09. The molecule has 0 aliphatic carbocycles. The smallest absolute Gasteiger partial charge is 0.164 e. The molecule has 4 rings (SSSR count). The SMILES string of the molecule is CC(C)Nc1ccc2c(CCNc3cc(Cl)nc(-c4cncc(F)c4)n3)c[nH]c2c1. The molecule has 1 aromatic carbocycles. The van der Waals surface area contributed by atoms with Crippen molar-refractivity contribution in [1.29, 1.82) is 0 Å². The number of anilines is 2. The lowest BCUT2D eigenvalue weighted by atomic mass is 10.1. The zero-order valence-electron chi connectivity index (χ0n) is 16.7. The van der Waals surface area contributed by atoms with Crippen LogP contribution in [0.25, 0.3) is 22.3 Å². The maximum Gasteiger partial charge on any atom is 0.164 e. The Morgan fingerprint density at radius 1 is 1.13 bits per heavy atom. The van der Waals surface area contributed by atoms with Crippen molar-refractivity contribution in [3.63, 3.8) is 0 Å². The average molecular weight is 425 g/mol. The largest absolute Gasteiger partial charge is 0.383 e. The summed E-state index contributed by atoms with van der Waals surface area (Å²) in [6.45, 7) is 4.89. The second-order valence-corrected chi connectivity index (χ2v) is 7.73. The highest BCUT2D eigenvalue weighted by atomic mass is 35.5. The molecule has 0 fully saturated rings. The molecule has 0 saturated carbocycles. The van der Waals surface area contributed by atoms with Crippen molar-refractivity contribution >= 4 is 34.0 Å². The van der Waals surface area contributed by atoms with Gasteiger partial charge in [-0.3, -0.25) is 4.98 Å². The van der Waals surface area contributed by atoms with Gasteiger partial charge in [0.1, 0.15) is 16.8 Å². The lowest BCUT2D eigenvalue weighted by molar-refractivity contribution is 0.622. The number of nitrogens with one attached hydrogen (secondary N) is 3. The van der Waals surface area contributed by atoms with Crippen molar-refractivity contribution in [3.8, 4) is 11.4 Å². The van der Waals surface area contributed by atoms with Crippen LogP contribution in [-0.4, -0.2) is 32.5 Å². The Morgan fingerprint density at radius 2 is 2.00 bits per heavy atom. The fourth-order valence-corrected chi connectivity index (χ4v) is 3.50. The zero-order chi connectivity index (χ0) is 21.1. The fraction of sp³-hybridized carbons (Fsp3) is 0.227. The van der Waals surface area contributed by atoms with E-state index in [0.717, 1.165) is 23.8 Å². The van der Waals surface area contributed by atoms with Gasteiger partial charge in [-0.2, -0.15) is 0 Å². The van der Waals surface area contributed by atoms with Crippen LogP contribution in [-0.2, 0) is 6.42 Å². The van der Waals surface area contributed by atoms with Gasteiger partial charge >= 0.3 is 0 Å². The van der Waals surface area contributed by atoms with Gasteiger partial charge in [0.15, 0.2) is 5.82 Å². The van der Waals surface area contributed by atoms with Crippen LogP contribution in [0.1, 0.15) is 19.4 Å². The molecule has 0 unspecified atom stereocenters. The van der Waals surface area contributed by atoms with E-state index in [4.69, 9.17) is 11.6 Å². The van der Waals surface area contributed by atoms with E-state index in [9.17, 15) is 4.39 Å². The Balaban J connectivity index is 1.45. The van der Waals surface area contributed by atoms with Crippen molar-refractivity contribution < 1.29 is 4.39 Å². The third-order valence-corrected chi connectivity index (χ3v) is 4.77. The first kappa shape index (κ1) is 20.1. The molecule has 0 radical (unpaired) electrons. The van der Waals surface area contributed by atoms with Crippen molar-refractivity contribution in [3.05, 3.63) is 65.5 Å². The summed E-state index contributed by atoms with van der Waals surface area (Å²) < 4.78 is 13.5. The van der Waals surface area contributed by atoms with Gasteiger partial charge in [-0.05, 0) is 44.0 Å². The first-order valence-corrected chi connectivity index (χ1v) is 10.1. The number of benzene rings is 1. The van der Waals surface area contributed by atoms with E-state index < -0.39 is 5.82 Å². The number of hydrogen-bond donors (Lipinski definition) is 3. The first-order chi connectivity index (χ1) is 14.5. The molecule has 0 bridgehead atoms. The highest BCUT2D eigenvalue weighted by molar-refractivity contribution is 6.29. The summed E-state index contributed by atoms with van der Waals surface area (Å²) in [6.07, 6.45) is 5.47. The summed E-state index contributed by atoms with van der Waals surface area (Å²) >= 11 is 6.13. The van der Waals surface area contributed by atoms with Gasteiger partial charge in [0.2, 0.25) is 0 Å². The monoisotopic (exact) mass is 424 g/mol. The van der Waals surface area contributed by atoms with E-state index in [1.807, 2.05) is 6.20 Å². The van der Waals surface area contributed by atoms with Gasteiger partial charge in [-0.25, -0.2) is 14.4 Å². The molecule has 0 amide bonds. The first-order valence-electron chi connectivity index (χ1n) is 9.74. The van der Waals surface area contributed by atoms with Gasteiger partial charge < -0.3 is 15.6 Å². The summed E-state index contributed by atoms with van der Waals surface area (Å²) in [7, 11) is 0. The van der Waals surface area contributed by atoms with Crippen molar-refractivity contribution in [2.75, 3.05) is 17.2 Å². The Labute approximate surface area is 178 Å². The molecule has 8 heteroatoms. The summed E-state index contributed by atoms with van der Waals surface area (Å²) in [6, 6.07) is 9.71. The molecule has 0 spiro atoms. The minimum absolute atomic E-state index is 0.282. The highest BCUT2D eigenvalue weighted by Gasteiger charge is 2.09. The molecule has 0 aliphatic rings. The molecule has 6 nitrogen and oxygen atoms in total. The molecule has 0 aliphatic heterocycles. The number of pyridine rings is 1. The van der Waals surface area contributed by atoms with Gasteiger partial charge in [0.25, 0.3) is 0 Å². The number of aromatic amines is 1. The van der Waals surface area contributed by atoms with Crippen molar-refractivity contribution in [2.24, 2.45) is 0 Å². The number of nitrogens with zero attached hydrogens (tertiary/aromatic N) is 3. The lowest BCUT2D eigenvalue weighted by Crippen LogP contribution is -2.09. The zero-order valence-corrected chi connectivity index (χ0v) is 17.5. The lowest BCUT2D eigenvalue weighted by Gasteiger charge is -2.10. The van der Waals surface area contributed by atoms with Gasteiger partial charge in [-0.1, -0.05) is 17.7 Å². The van der Waals surface area contributed by atoms with Crippen LogP contribution in [0.2, 0.25) is 5.15 Å². The Hall–Kier alpha value is -3.19. The summed E-state index contributed by atoms with van der Waals surface area (Å²) in [5.41, 5.74) is 3.88. The Bertz CT molecular complexity index is 1170. The second-order valence-electron chi connectivity index (χ2n) is 7.34. The number of halogens is 2. The maximum atomic E-state index is 13.5. The van der Waals surface area contributed by atoms with E-state index in [1.165, 1.54) is 23.2 Å². The summed E-state index contributed by atoms with van der Waals surface area (Å²) in [4.78, 5) is 15.8. The maximum absolute atomic E-state index is 13.5. The minimum Gasteiger partial charge on any atom is -0.383 e. The number of H-pyrrole nitrogens is 1. The predicted octanol–water partition coefficient (Wildman–Crippen LogP) is 5.29. The molecule has 30 heavy (non-hydrogen) atoms. The molecule has 154 valence electrons. The van der Waals surface area contributed by atoms with Gasteiger partial charge in [-0.15, -0.1) is 0 Å².